The minimum absolute atomic E-state index is 0.248. The van der Waals surface area contributed by atoms with Gasteiger partial charge in [-0.05, 0) is 92.9 Å². The molecule has 0 amide bonds. The maximum atomic E-state index is 13.3. The van der Waals surface area contributed by atoms with Crippen LogP contribution < -0.4 is 0 Å². The molecule has 4 nitrogen and oxygen atoms in total. The molecule has 7 rings (SSSR count). The lowest BCUT2D eigenvalue weighted by Crippen LogP contribution is -2.46. The number of aromatic nitrogens is 2. The number of ether oxygens (including phenoxy) is 1. The largest absolute Gasteiger partial charge is 0.456 e. The van der Waals surface area contributed by atoms with E-state index in [4.69, 9.17) is 9.72 Å². The Labute approximate surface area is 204 Å². The Morgan fingerprint density at radius 3 is 2.29 bits per heavy atom. The van der Waals surface area contributed by atoms with Crippen LogP contribution in [0, 0.1) is 23.2 Å². The second kappa shape index (κ2) is 9.17. The summed E-state index contributed by atoms with van der Waals surface area (Å²) in [7, 11) is 2.15. The highest BCUT2D eigenvalue weighted by atomic mass is 16.5. The standard InChI is InChI=1S/C30H40N2O2/c1-32-26(12-13-30-17-22-14-23(18-30)16-24(15-22)19-30)27(31-28(32)25-10-6-3-7-11-25)29(33)34-20-21-8-4-2-5-9-21/h2,4-5,8-9,22-25H,3,6-7,10-20H2,1H3. The maximum Gasteiger partial charge on any atom is 0.359 e. The van der Waals surface area contributed by atoms with Crippen molar-refractivity contribution >= 4 is 5.97 Å². The van der Waals surface area contributed by atoms with E-state index < -0.39 is 0 Å². The minimum atomic E-state index is -0.248. The fourth-order valence-corrected chi connectivity index (χ4v) is 8.50. The van der Waals surface area contributed by atoms with Crippen LogP contribution in [0.1, 0.15) is 111 Å². The van der Waals surface area contributed by atoms with E-state index in [-0.39, 0.29) is 5.97 Å². The predicted octanol–water partition coefficient (Wildman–Crippen LogP) is 6.97. The van der Waals surface area contributed by atoms with Crippen LogP contribution in [0.15, 0.2) is 30.3 Å². The quantitative estimate of drug-likeness (QED) is 0.419. The van der Waals surface area contributed by atoms with E-state index >= 15 is 0 Å². The molecular weight excluding hydrogens is 420 g/mol. The summed E-state index contributed by atoms with van der Waals surface area (Å²) in [5, 5.41) is 0. The highest BCUT2D eigenvalue weighted by Gasteiger charge is 2.50. The summed E-state index contributed by atoms with van der Waals surface area (Å²) in [5.74, 6) is 4.24. The van der Waals surface area contributed by atoms with Crippen LogP contribution in [-0.2, 0) is 24.8 Å². The molecular formula is C30H40N2O2. The average Bonchev–Trinajstić information content (AvgIpc) is 3.18. The number of imidazole rings is 1. The summed E-state index contributed by atoms with van der Waals surface area (Å²) in [6.07, 6.45) is 17.1. The van der Waals surface area contributed by atoms with Crippen molar-refractivity contribution in [2.24, 2.45) is 30.2 Å². The Bertz CT molecular complexity index is 983. The Balaban J connectivity index is 1.24. The highest BCUT2D eigenvalue weighted by molar-refractivity contribution is 5.88. The summed E-state index contributed by atoms with van der Waals surface area (Å²) in [5.41, 5.74) is 3.24. The number of esters is 1. The van der Waals surface area contributed by atoms with Crippen molar-refractivity contribution in [1.29, 1.82) is 0 Å². The molecule has 0 aliphatic heterocycles. The lowest BCUT2D eigenvalue weighted by atomic mass is 9.48. The number of benzene rings is 1. The maximum absolute atomic E-state index is 13.3. The normalized spacial score (nSPS) is 30.6. The van der Waals surface area contributed by atoms with Crippen LogP contribution >= 0.6 is 0 Å². The third-order valence-electron chi connectivity index (χ3n) is 9.68. The molecule has 0 unspecified atom stereocenters. The third kappa shape index (κ3) is 4.33. The fraction of sp³-hybridized carbons (Fsp3) is 0.667. The molecule has 5 aliphatic rings. The molecule has 5 saturated carbocycles. The first-order valence-corrected chi connectivity index (χ1v) is 13.8. The van der Waals surface area contributed by atoms with Crippen molar-refractivity contribution in [3.8, 4) is 0 Å². The zero-order valence-electron chi connectivity index (χ0n) is 20.8. The molecule has 4 bridgehead atoms. The third-order valence-corrected chi connectivity index (χ3v) is 9.68. The van der Waals surface area contributed by atoms with E-state index in [2.05, 4.69) is 11.6 Å². The van der Waals surface area contributed by atoms with E-state index in [1.54, 1.807) is 0 Å². The average molecular weight is 461 g/mol. The highest BCUT2D eigenvalue weighted by Crippen LogP contribution is 2.61. The first kappa shape index (κ1) is 22.4. The molecule has 1 heterocycles. The molecule has 0 N–H and O–H groups in total. The Morgan fingerprint density at radius 1 is 1.00 bits per heavy atom. The van der Waals surface area contributed by atoms with Gasteiger partial charge < -0.3 is 9.30 Å². The SMILES string of the molecule is Cn1c(C2CCCCC2)nc(C(=O)OCc2ccccc2)c1CCC12CC3CC(CC(C3)C1)C2. The van der Waals surface area contributed by atoms with Crippen molar-refractivity contribution in [3.05, 3.63) is 53.1 Å². The first-order chi connectivity index (χ1) is 16.6. The molecule has 182 valence electrons. The number of nitrogens with zero attached hydrogens (tertiary/aromatic N) is 2. The van der Waals surface area contributed by atoms with Gasteiger partial charge in [-0.2, -0.15) is 0 Å². The molecule has 0 spiro atoms. The number of hydrogen-bond acceptors (Lipinski definition) is 3. The first-order valence-electron chi connectivity index (χ1n) is 13.8. The van der Waals surface area contributed by atoms with Crippen LogP contribution in [0.5, 0.6) is 0 Å². The lowest BCUT2D eigenvalue weighted by molar-refractivity contribution is -0.0571. The van der Waals surface area contributed by atoms with Gasteiger partial charge in [0.1, 0.15) is 12.4 Å². The molecule has 0 radical (unpaired) electrons. The molecule has 1 aromatic carbocycles. The van der Waals surface area contributed by atoms with Gasteiger partial charge in [-0.15, -0.1) is 0 Å². The number of hydrogen-bond donors (Lipinski definition) is 0. The Hall–Kier alpha value is -2.10. The molecule has 5 aliphatic carbocycles. The van der Waals surface area contributed by atoms with Gasteiger partial charge in [-0.3, -0.25) is 0 Å². The molecule has 5 fully saturated rings. The summed E-state index contributed by atoms with van der Waals surface area (Å²) < 4.78 is 8.08. The molecule has 2 aromatic rings. The van der Waals surface area contributed by atoms with Crippen molar-refractivity contribution in [1.82, 2.24) is 9.55 Å². The van der Waals surface area contributed by atoms with Gasteiger partial charge in [0.2, 0.25) is 0 Å². The van der Waals surface area contributed by atoms with Crippen molar-refractivity contribution < 1.29 is 9.53 Å². The van der Waals surface area contributed by atoms with Gasteiger partial charge in [0.15, 0.2) is 5.69 Å². The molecule has 1 aromatic heterocycles. The van der Waals surface area contributed by atoms with Crippen LogP contribution in [0.2, 0.25) is 0 Å². The molecule has 0 atom stereocenters. The van der Waals surface area contributed by atoms with Crippen LogP contribution in [0.3, 0.4) is 0 Å². The van der Waals surface area contributed by atoms with Gasteiger partial charge in [0, 0.05) is 13.0 Å². The van der Waals surface area contributed by atoms with Gasteiger partial charge in [-0.1, -0.05) is 49.6 Å². The zero-order valence-corrected chi connectivity index (χ0v) is 20.8. The monoisotopic (exact) mass is 460 g/mol. The summed E-state index contributed by atoms with van der Waals surface area (Å²) >= 11 is 0. The van der Waals surface area contributed by atoms with Gasteiger partial charge in [0.05, 0.1) is 5.69 Å². The van der Waals surface area contributed by atoms with Gasteiger partial charge in [-0.25, -0.2) is 9.78 Å². The second-order valence-electron chi connectivity index (χ2n) is 12.1. The van der Waals surface area contributed by atoms with E-state index in [9.17, 15) is 4.79 Å². The number of carbonyl (C=O) groups is 1. The summed E-state index contributed by atoms with van der Waals surface area (Å²) in [4.78, 5) is 18.3. The Morgan fingerprint density at radius 2 is 1.65 bits per heavy atom. The van der Waals surface area contributed by atoms with Gasteiger partial charge in [0.25, 0.3) is 0 Å². The fourth-order valence-electron chi connectivity index (χ4n) is 8.50. The molecule has 34 heavy (non-hydrogen) atoms. The number of rotatable bonds is 7. The van der Waals surface area contributed by atoms with Crippen LogP contribution in [0.25, 0.3) is 0 Å². The zero-order chi connectivity index (χ0) is 23.1. The number of carbonyl (C=O) groups excluding carboxylic acids is 1. The Kier molecular flexibility index (Phi) is 6.03. The van der Waals surface area contributed by atoms with Crippen molar-refractivity contribution in [3.63, 3.8) is 0 Å². The molecule has 4 heteroatoms. The van der Waals surface area contributed by atoms with E-state index in [0.717, 1.165) is 41.3 Å². The van der Waals surface area contributed by atoms with E-state index in [1.807, 2.05) is 30.3 Å². The second-order valence-corrected chi connectivity index (χ2v) is 12.1. The van der Waals surface area contributed by atoms with Gasteiger partial charge >= 0.3 is 5.97 Å². The minimum Gasteiger partial charge on any atom is -0.456 e. The predicted molar refractivity (Wildman–Crippen MR) is 134 cm³/mol. The summed E-state index contributed by atoms with van der Waals surface area (Å²) in [6.45, 7) is 0.309. The van der Waals surface area contributed by atoms with E-state index in [1.165, 1.54) is 77.0 Å². The van der Waals surface area contributed by atoms with Crippen molar-refractivity contribution in [2.75, 3.05) is 0 Å². The smallest absolute Gasteiger partial charge is 0.359 e. The van der Waals surface area contributed by atoms with Crippen LogP contribution in [-0.4, -0.2) is 15.5 Å². The lowest BCUT2D eigenvalue weighted by Gasteiger charge is -2.57. The van der Waals surface area contributed by atoms with Crippen molar-refractivity contribution in [2.45, 2.75) is 96.0 Å². The molecule has 0 saturated heterocycles. The van der Waals surface area contributed by atoms with Crippen LogP contribution in [0.4, 0.5) is 0 Å². The van der Waals surface area contributed by atoms with E-state index in [0.29, 0.717) is 23.6 Å². The topological polar surface area (TPSA) is 44.1 Å². The summed E-state index contributed by atoms with van der Waals surface area (Å²) in [6, 6.07) is 9.98.